The normalized spacial score (nSPS) is 12.8. The van der Waals surface area contributed by atoms with Crippen LogP contribution in [0.1, 0.15) is 21.6 Å². The molecule has 0 saturated carbocycles. The van der Waals surface area contributed by atoms with Crippen molar-refractivity contribution in [1.82, 2.24) is 5.06 Å². The number of benzene rings is 1. The van der Waals surface area contributed by atoms with Crippen LogP contribution in [0.5, 0.6) is 0 Å². The second kappa shape index (κ2) is 7.17. The molecule has 124 valence electrons. The number of thiophene rings is 2. The van der Waals surface area contributed by atoms with Crippen LogP contribution < -0.4 is 5.73 Å². The van der Waals surface area contributed by atoms with E-state index in [9.17, 15) is 10.0 Å². The molecular weight excluding hydrogens is 340 g/mol. The van der Waals surface area contributed by atoms with Crippen molar-refractivity contribution in [2.24, 2.45) is 5.73 Å². The third kappa shape index (κ3) is 3.84. The van der Waals surface area contributed by atoms with Crippen molar-refractivity contribution in [3.05, 3.63) is 63.2 Å². The van der Waals surface area contributed by atoms with E-state index in [0.717, 1.165) is 11.3 Å². The van der Waals surface area contributed by atoms with E-state index >= 15 is 0 Å². The van der Waals surface area contributed by atoms with Crippen molar-refractivity contribution in [1.29, 1.82) is 0 Å². The van der Waals surface area contributed by atoms with E-state index in [1.165, 1.54) is 19.8 Å². The van der Waals surface area contributed by atoms with Crippen molar-refractivity contribution in [3.8, 4) is 0 Å². The van der Waals surface area contributed by atoms with Gasteiger partial charge in [-0.2, -0.15) is 5.06 Å². The summed E-state index contributed by atoms with van der Waals surface area (Å²) in [6, 6.07) is 13.5. The number of primary amides is 1. The first-order valence-electron chi connectivity index (χ1n) is 7.55. The summed E-state index contributed by atoms with van der Waals surface area (Å²) in [6.45, 7) is 1.70. The van der Waals surface area contributed by atoms with E-state index in [1.807, 2.05) is 23.5 Å². The first-order valence-corrected chi connectivity index (χ1v) is 9.18. The first-order chi connectivity index (χ1) is 11.5. The van der Waals surface area contributed by atoms with E-state index in [2.05, 4.69) is 36.4 Å². The minimum absolute atomic E-state index is 0.462. The molecule has 1 atom stereocenters. The van der Waals surface area contributed by atoms with Crippen molar-refractivity contribution in [2.75, 3.05) is 0 Å². The molecule has 2 amide bonds. The Morgan fingerprint density at radius 2 is 2.04 bits per heavy atom. The summed E-state index contributed by atoms with van der Waals surface area (Å²) in [7, 11) is 0. The van der Waals surface area contributed by atoms with Crippen LogP contribution in [0.15, 0.2) is 48.5 Å². The number of nitrogens with two attached hydrogens (primary N) is 1. The number of hydroxylamine groups is 2. The van der Waals surface area contributed by atoms with Gasteiger partial charge in [0.2, 0.25) is 0 Å². The molecule has 3 N–H and O–H groups in total. The van der Waals surface area contributed by atoms with Gasteiger partial charge in [-0.05, 0) is 42.7 Å². The van der Waals surface area contributed by atoms with Crippen LogP contribution in [0.25, 0.3) is 16.2 Å². The van der Waals surface area contributed by atoms with Gasteiger partial charge in [0.15, 0.2) is 0 Å². The maximum Gasteiger partial charge on any atom is 0.339 e. The molecule has 24 heavy (non-hydrogen) atoms. The zero-order chi connectivity index (χ0) is 17.1. The minimum Gasteiger partial charge on any atom is -0.350 e. The van der Waals surface area contributed by atoms with Gasteiger partial charge in [-0.25, -0.2) is 4.79 Å². The molecule has 0 saturated heterocycles. The smallest absolute Gasteiger partial charge is 0.339 e. The lowest BCUT2D eigenvalue weighted by Gasteiger charge is -2.16. The number of carbonyl (C=O) groups is 1. The fourth-order valence-electron chi connectivity index (χ4n) is 2.39. The van der Waals surface area contributed by atoms with Crippen LogP contribution in [0, 0.1) is 0 Å². The third-order valence-corrected chi connectivity index (χ3v) is 5.82. The molecule has 0 aliphatic rings. The molecular formula is C18H18N2O2S2. The predicted molar refractivity (Wildman–Crippen MR) is 101 cm³/mol. The Balaban J connectivity index is 1.68. The van der Waals surface area contributed by atoms with Crippen LogP contribution >= 0.6 is 22.7 Å². The van der Waals surface area contributed by atoms with Gasteiger partial charge in [0, 0.05) is 25.8 Å². The van der Waals surface area contributed by atoms with E-state index < -0.39 is 12.1 Å². The first kappa shape index (κ1) is 16.7. The fraction of sp³-hybridized carbons (Fsp3) is 0.167. The molecule has 0 radical (unpaired) electrons. The molecule has 0 fully saturated rings. The molecule has 2 heterocycles. The van der Waals surface area contributed by atoms with E-state index in [-0.39, 0.29) is 0 Å². The summed E-state index contributed by atoms with van der Waals surface area (Å²) >= 11 is 3.53. The molecule has 3 rings (SSSR count). The molecule has 4 nitrogen and oxygen atoms in total. The lowest BCUT2D eigenvalue weighted by Crippen LogP contribution is -2.38. The minimum atomic E-state index is -0.858. The summed E-state index contributed by atoms with van der Waals surface area (Å²) in [5, 5.41) is 11.3. The molecule has 0 aliphatic heterocycles. The quantitative estimate of drug-likeness (QED) is 0.512. The van der Waals surface area contributed by atoms with Crippen LogP contribution in [0.3, 0.4) is 0 Å². The average Bonchev–Trinajstić information content (AvgIpc) is 3.17. The molecule has 1 aromatic carbocycles. The van der Waals surface area contributed by atoms with Crippen LogP contribution in [0.4, 0.5) is 4.79 Å². The van der Waals surface area contributed by atoms with Crippen molar-refractivity contribution < 1.29 is 10.0 Å². The van der Waals surface area contributed by atoms with Gasteiger partial charge < -0.3 is 5.73 Å². The number of urea groups is 1. The highest BCUT2D eigenvalue weighted by Gasteiger charge is 2.11. The molecule has 2 aromatic heterocycles. The van der Waals surface area contributed by atoms with Crippen LogP contribution in [-0.4, -0.2) is 22.3 Å². The van der Waals surface area contributed by atoms with Gasteiger partial charge in [-0.3, -0.25) is 5.21 Å². The highest BCUT2D eigenvalue weighted by atomic mass is 32.1. The average molecular weight is 358 g/mol. The Hall–Kier alpha value is -2.15. The second-order valence-electron chi connectivity index (χ2n) is 5.51. The number of hydrogen-bond donors (Lipinski definition) is 2. The van der Waals surface area contributed by atoms with Crippen LogP contribution in [-0.2, 0) is 6.42 Å². The summed E-state index contributed by atoms with van der Waals surface area (Å²) < 4.78 is 1.31. The van der Waals surface area contributed by atoms with E-state index in [4.69, 9.17) is 5.73 Å². The van der Waals surface area contributed by atoms with Crippen LogP contribution in [0.2, 0.25) is 0 Å². The highest BCUT2D eigenvalue weighted by Crippen LogP contribution is 2.29. The van der Waals surface area contributed by atoms with Gasteiger partial charge in [-0.1, -0.05) is 24.3 Å². The summed E-state index contributed by atoms with van der Waals surface area (Å²) in [4.78, 5) is 14.6. The number of rotatable bonds is 5. The molecule has 3 aromatic rings. The SMILES string of the molecule is C[C@H](/C=C\c1ccc(Cc2cc3ccccc3s2)s1)N(O)C(N)=O. The number of hydrogen-bond acceptors (Lipinski definition) is 4. The van der Waals surface area contributed by atoms with Gasteiger partial charge in [0.25, 0.3) is 0 Å². The molecule has 0 unspecified atom stereocenters. The zero-order valence-corrected chi connectivity index (χ0v) is 14.8. The Kier molecular flexibility index (Phi) is 4.99. The molecule has 0 aliphatic carbocycles. The number of fused-ring (bicyclic) bond motifs is 1. The number of amides is 2. The zero-order valence-electron chi connectivity index (χ0n) is 13.2. The largest absolute Gasteiger partial charge is 0.350 e. The molecule has 0 spiro atoms. The maximum absolute atomic E-state index is 10.9. The second-order valence-corrected chi connectivity index (χ2v) is 7.88. The van der Waals surface area contributed by atoms with Crippen molar-refractivity contribution in [3.63, 3.8) is 0 Å². The van der Waals surface area contributed by atoms with Gasteiger partial charge in [0.05, 0.1) is 6.04 Å². The highest BCUT2D eigenvalue weighted by molar-refractivity contribution is 7.19. The Labute approximate surface area is 148 Å². The van der Waals surface area contributed by atoms with E-state index in [0.29, 0.717) is 5.06 Å². The molecule has 6 heteroatoms. The number of carbonyl (C=O) groups excluding carboxylic acids is 1. The Morgan fingerprint density at radius 3 is 2.79 bits per heavy atom. The van der Waals surface area contributed by atoms with Gasteiger partial charge >= 0.3 is 6.03 Å². The summed E-state index contributed by atoms with van der Waals surface area (Å²) in [6.07, 6.45) is 4.57. The van der Waals surface area contributed by atoms with Gasteiger partial charge in [0.1, 0.15) is 0 Å². The Bertz CT molecular complexity index is 849. The molecule has 0 bridgehead atoms. The Morgan fingerprint density at radius 1 is 1.25 bits per heavy atom. The summed E-state index contributed by atoms with van der Waals surface area (Å²) in [5.74, 6) is 0. The van der Waals surface area contributed by atoms with Crippen molar-refractivity contribution >= 4 is 44.9 Å². The predicted octanol–water partition coefficient (Wildman–Crippen LogP) is 4.73. The maximum atomic E-state index is 10.9. The fourth-order valence-corrected chi connectivity index (χ4v) is 4.52. The van der Waals surface area contributed by atoms with E-state index in [1.54, 1.807) is 24.3 Å². The van der Waals surface area contributed by atoms with Crippen molar-refractivity contribution in [2.45, 2.75) is 19.4 Å². The monoisotopic (exact) mass is 358 g/mol. The third-order valence-electron chi connectivity index (χ3n) is 3.66. The number of nitrogens with zero attached hydrogens (tertiary/aromatic N) is 1. The lowest BCUT2D eigenvalue weighted by molar-refractivity contribution is -0.0560. The topological polar surface area (TPSA) is 66.6 Å². The van der Waals surface area contributed by atoms with Gasteiger partial charge in [-0.15, -0.1) is 22.7 Å². The summed E-state index contributed by atoms with van der Waals surface area (Å²) in [5.41, 5.74) is 5.03. The lowest BCUT2D eigenvalue weighted by atomic mass is 10.2. The standard InChI is InChI=1S/C18H18N2O2S2/c1-12(20(22)18(19)21)6-7-14-8-9-15(23-14)11-16-10-13-4-2-3-5-17(13)24-16/h2-10,12,22H,11H2,1H3,(H2,19,21)/b7-6-/t12-/m1/s1.